The van der Waals surface area contributed by atoms with Crippen molar-refractivity contribution in [3.63, 3.8) is 0 Å². The van der Waals surface area contributed by atoms with Crippen LogP contribution >= 0.6 is 0 Å². The minimum absolute atomic E-state index is 0.340. The van der Waals surface area contributed by atoms with E-state index in [2.05, 4.69) is 4.90 Å². The van der Waals surface area contributed by atoms with Crippen molar-refractivity contribution in [1.29, 1.82) is 0 Å². The molecule has 5 nitrogen and oxygen atoms in total. The number of rotatable bonds is 7. The Morgan fingerprint density at radius 3 is 2.44 bits per heavy atom. The van der Waals surface area contributed by atoms with Crippen molar-refractivity contribution in [2.75, 3.05) is 33.9 Å². The molecule has 3 rings (SSSR count). The van der Waals surface area contributed by atoms with Gasteiger partial charge in [-0.25, -0.2) is 4.39 Å². The highest BCUT2D eigenvalue weighted by Gasteiger charge is 2.36. The Bertz CT molecular complexity index is 679. The first kappa shape index (κ1) is 18.1. The van der Waals surface area contributed by atoms with Gasteiger partial charge in [0.15, 0.2) is 5.76 Å². The van der Waals surface area contributed by atoms with Crippen molar-refractivity contribution in [3.8, 4) is 0 Å². The van der Waals surface area contributed by atoms with Crippen molar-refractivity contribution < 1.29 is 23.4 Å². The van der Waals surface area contributed by atoms with Crippen LogP contribution in [0.25, 0.3) is 0 Å². The molecule has 1 aliphatic heterocycles. The molecule has 0 amide bonds. The first-order chi connectivity index (χ1) is 12.0. The van der Waals surface area contributed by atoms with Crippen LogP contribution < -0.4 is 0 Å². The number of hydrogen-bond acceptors (Lipinski definition) is 5. The molecule has 0 saturated carbocycles. The van der Waals surface area contributed by atoms with Crippen molar-refractivity contribution >= 4 is 0 Å². The monoisotopic (exact) mass is 349 g/mol. The third-order valence-electron chi connectivity index (χ3n) is 4.35. The van der Waals surface area contributed by atoms with E-state index in [0.29, 0.717) is 36.7 Å². The van der Waals surface area contributed by atoms with E-state index in [4.69, 9.17) is 13.9 Å². The maximum atomic E-state index is 13.3. The van der Waals surface area contributed by atoms with E-state index < -0.39 is 11.9 Å². The molecule has 1 saturated heterocycles. The molecule has 1 aliphatic rings. The third kappa shape index (κ3) is 4.10. The van der Waals surface area contributed by atoms with Crippen LogP contribution in [0.3, 0.4) is 0 Å². The Morgan fingerprint density at radius 1 is 1.12 bits per heavy atom. The molecule has 0 spiro atoms. The number of furan rings is 1. The van der Waals surface area contributed by atoms with Crippen LogP contribution in [0, 0.1) is 5.82 Å². The molecule has 1 unspecified atom stereocenters. The SMILES string of the molecule is CN(C)CCCC(O)(c1ccc(F)cc1)c1ccc(C2OCCO2)o1. The van der Waals surface area contributed by atoms with Gasteiger partial charge in [-0.3, -0.25) is 0 Å². The van der Waals surface area contributed by atoms with Gasteiger partial charge in [-0.05, 0) is 63.3 Å². The number of aliphatic hydroxyl groups is 1. The van der Waals surface area contributed by atoms with E-state index in [9.17, 15) is 9.50 Å². The molecule has 1 atom stereocenters. The molecule has 0 aliphatic carbocycles. The van der Waals surface area contributed by atoms with E-state index >= 15 is 0 Å². The first-order valence-corrected chi connectivity index (χ1v) is 8.45. The molecule has 2 heterocycles. The molecule has 1 N–H and O–H groups in total. The van der Waals surface area contributed by atoms with Gasteiger partial charge in [-0.15, -0.1) is 0 Å². The Labute approximate surface area is 147 Å². The summed E-state index contributed by atoms with van der Waals surface area (Å²) in [6.45, 7) is 1.86. The van der Waals surface area contributed by atoms with Gasteiger partial charge in [0.2, 0.25) is 6.29 Å². The Morgan fingerprint density at radius 2 is 1.80 bits per heavy atom. The van der Waals surface area contributed by atoms with Crippen molar-refractivity contribution in [1.82, 2.24) is 4.90 Å². The highest BCUT2D eigenvalue weighted by Crippen LogP contribution is 2.37. The van der Waals surface area contributed by atoms with Crippen molar-refractivity contribution in [2.45, 2.75) is 24.7 Å². The van der Waals surface area contributed by atoms with E-state index in [0.717, 1.165) is 13.0 Å². The van der Waals surface area contributed by atoms with Gasteiger partial charge in [0.1, 0.15) is 17.2 Å². The molecular weight excluding hydrogens is 325 g/mol. The molecular formula is C19H24FNO4. The lowest BCUT2D eigenvalue weighted by molar-refractivity contribution is -0.0623. The van der Waals surface area contributed by atoms with Gasteiger partial charge in [0.25, 0.3) is 0 Å². The zero-order chi connectivity index (χ0) is 17.9. The summed E-state index contributed by atoms with van der Waals surface area (Å²) in [5, 5.41) is 11.4. The minimum Gasteiger partial charge on any atom is -0.457 e. The lowest BCUT2D eigenvalue weighted by Crippen LogP contribution is -2.28. The van der Waals surface area contributed by atoms with Crippen LogP contribution in [0.4, 0.5) is 4.39 Å². The molecule has 1 aromatic carbocycles. The molecule has 1 aromatic heterocycles. The van der Waals surface area contributed by atoms with Crippen LogP contribution in [0.1, 0.15) is 36.2 Å². The second-order valence-electron chi connectivity index (χ2n) is 6.55. The average Bonchev–Trinajstić information content (AvgIpc) is 3.26. The molecule has 0 radical (unpaired) electrons. The maximum absolute atomic E-state index is 13.3. The van der Waals surface area contributed by atoms with Crippen LogP contribution in [0.5, 0.6) is 0 Å². The number of benzene rings is 1. The fraction of sp³-hybridized carbons (Fsp3) is 0.474. The number of hydrogen-bond donors (Lipinski definition) is 1. The normalized spacial score (nSPS) is 18.0. The largest absolute Gasteiger partial charge is 0.457 e. The summed E-state index contributed by atoms with van der Waals surface area (Å²) in [5.41, 5.74) is -0.734. The van der Waals surface area contributed by atoms with Gasteiger partial charge in [0.05, 0.1) is 13.2 Å². The van der Waals surface area contributed by atoms with Gasteiger partial charge in [-0.1, -0.05) is 12.1 Å². The molecule has 136 valence electrons. The summed E-state index contributed by atoms with van der Waals surface area (Å²) in [6, 6.07) is 9.37. The Balaban J connectivity index is 1.88. The number of ether oxygens (including phenoxy) is 2. The van der Waals surface area contributed by atoms with Gasteiger partial charge in [-0.2, -0.15) is 0 Å². The van der Waals surface area contributed by atoms with E-state index in [1.165, 1.54) is 12.1 Å². The smallest absolute Gasteiger partial charge is 0.217 e. The second-order valence-corrected chi connectivity index (χ2v) is 6.55. The van der Waals surface area contributed by atoms with Gasteiger partial charge in [0, 0.05) is 0 Å². The van der Waals surface area contributed by atoms with Crippen molar-refractivity contribution in [3.05, 3.63) is 59.3 Å². The van der Waals surface area contributed by atoms with Crippen LogP contribution in [0.15, 0.2) is 40.8 Å². The Hall–Kier alpha value is -1.73. The predicted octanol–water partition coefficient (Wildman–Crippen LogP) is 3.04. The first-order valence-electron chi connectivity index (χ1n) is 8.45. The quantitative estimate of drug-likeness (QED) is 0.833. The summed E-state index contributed by atoms with van der Waals surface area (Å²) >= 11 is 0. The lowest BCUT2D eigenvalue weighted by Gasteiger charge is -2.27. The zero-order valence-corrected chi connectivity index (χ0v) is 14.6. The lowest BCUT2D eigenvalue weighted by atomic mass is 9.86. The standard InChI is InChI=1S/C19H24FNO4/c1-21(2)11-3-10-19(22,14-4-6-15(20)7-5-14)17-9-8-16(25-17)18-23-12-13-24-18/h4-9,18,22H,3,10-13H2,1-2H3. The summed E-state index contributed by atoms with van der Waals surface area (Å²) in [7, 11) is 3.97. The van der Waals surface area contributed by atoms with Crippen LogP contribution in [-0.4, -0.2) is 43.9 Å². The minimum atomic E-state index is -1.33. The van der Waals surface area contributed by atoms with Gasteiger partial charge >= 0.3 is 0 Å². The zero-order valence-electron chi connectivity index (χ0n) is 14.6. The predicted molar refractivity (Wildman–Crippen MR) is 90.5 cm³/mol. The fourth-order valence-electron chi connectivity index (χ4n) is 3.01. The molecule has 6 heteroatoms. The van der Waals surface area contributed by atoms with Crippen LogP contribution in [-0.2, 0) is 15.1 Å². The summed E-state index contributed by atoms with van der Waals surface area (Å²) in [5.74, 6) is 0.597. The summed E-state index contributed by atoms with van der Waals surface area (Å²) in [4.78, 5) is 2.05. The number of nitrogens with zero attached hydrogens (tertiary/aromatic N) is 1. The highest BCUT2D eigenvalue weighted by molar-refractivity contribution is 5.32. The fourth-order valence-corrected chi connectivity index (χ4v) is 3.01. The molecule has 2 aromatic rings. The topological polar surface area (TPSA) is 55.1 Å². The summed E-state index contributed by atoms with van der Waals surface area (Å²) in [6.07, 6.45) is 0.678. The van der Waals surface area contributed by atoms with Crippen LogP contribution in [0.2, 0.25) is 0 Å². The Kier molecular flexibility index (Phi) is 5.54. The second kappa shape index (κ2) is 7.66. The summed E-state index contributed by atoms with van der Waals surface area (Å²) < 4.78 is 30.1. The molecule has 0 bridgehead atoms. The third-order valence-corrected chi connectivity index (χ3v) is 4.35. The van der Waals surface area contributed by atoms with Gasteiger partial charge < -0.3 is 23.9 Å². The van der Waals surface area contributed by atoms with E-state index in [-0.39, 0.29) is 5.82 Å². The highest BCUT2D eigenvalue weighted by atomic mass is 19.1. The average molecular weight is 349 g/mol. The van der Waals surface area contributed by atoms with Crippen molar-refractivity contribution in [2.24, 2.45) is 0 Å². The number of halogens is 1. The van der Waals surface area contributed by atoms with E-state index in [1.54, 1.807) is 24.3 Å². The molecule has 25 heavy (non-hydrogen) atoms. The maximum Gasteiger partial charge on any atom is 0.217 e. The van der Waals surface area contributed by atoms with E-state index in [1.807, 2.05) is 14.1 Å². The molecule has 1 fully saturated rings.